The van der Waals surface area contributed by atoms with E-state index in [4.69, 9.17) is 11.6 Å². The molecular formula is C22H21ClN2O3S2. The van der Waals surface area contributed by atoms with Gasteiger partial charge in [0.2, 0.25) is 10.0 Å². The normalized spacial score (nSPS) is 14.3. The number of benzene rings is 2. The molecule has 2 heterocycles. The molecule has 0 atom stereocenters. The molecule has 0 spiro atoms. The first-order valence-corrected chi connectivity index (χ1v) is 12.2. The fraction of sp³-hybridized carbons (Fsp3) is 0.227. The number of hydrogen-bond acceptors (Lipinski definition) is 4. The average molecular weight is 461 g/mol. The Morgan fingerprint density at radius 2 is 1.90 bits per heavy atom. The van der Waals surface area contributed by atoms with Crippen molar-refractivity contribution in [2.45, 2.75) is 24.4 Å². The first kappa shape index (κ1) is 21.1. The molecule has 2 aromatic carbocycles. The molecule has 0 N–H and O–H groups in total. The van der Waals surface area contributed by atoms with Gasteiger partial charge >= 0.3 is 0 Å². The van der Waals surface area contributed by atoms with Crippen LogP contribution in [-0.2, 0) is 29.5 Å². The Balaban J connectivity index is 1.57. The van der Waals surface area contributed by atoms with Gasteiger partial charge in [-0.3, -0.25) is 4.79 Å². The SMILES string of the molecule is CN(Cc1cccc(Cl)c1)C(=O)c1sccc1S(=O)(=O)N1CCc2ccccc2C1. The van der Waals surface area contributed by atoms with Crippen molar-refractivity contribution < 1.29 is 13.2 Å². The minimum Gasteiger partial charge on any atom is -0.337 e. The van der Waals surface area contributed by atoms with Crippen LogP contribution in [0.1, 0.15) is 26.4 Å². The molecule has 8 heteroatoms. The van der Waals surface area contributed by atoms with E-state index in [1.807, 2.05) is 36.4 Å². The number of rotatable bonds is 5. The van der Waals surface area contributed by atoms with Crippen LogP contribution in [0.25, 0.3) is 0 Å². The third-order valence-corrected chi connectivity index (χ3v) is 8.35. The van der Waals surface area contributed by atoms with Crippen molar-refractivity contribution in [3.05, 3.63) is 86.6 Å². The zero-order valence-electron chi connectivity index (χ0n) is 16.4. The van der Waals surface area contributed by atoms with Crippen molar-refractivity contribution >= 4 is 38.9 Å². The minimum absolute atomic E-state index is 0.0785. The van der Waals surface area contributed by atoms with Gasteiger partial charge in [0.15, 0.2) is 0 Å². The molecule has 1 aliphatic rings. The maximum absolute atomic E-state index is 13.4. The van der Waals surface area contributed by atoms with Crippen molar-refractivity contribution in [2.24, 2.45) is 0 Å². The molecule has 0 saturated heterocycles. The van der Waals surface area contributed by atoms with Gasteiger partial charge in [-0.15, -0.1) is 11.3 Å². The van der Waals surface area contributed by atoms with E-state index in [0.717, 1.165) is 22.5 Å². The van der Waals surface area contributed by atoms with Gasteiger partial charge in [-0.25, -0.2) is 8.42 Å². The largest absolute Gasteiger partial charge is 0.337 e. The quantitative estimate of drug-likeness (QED) is 0.566. The zero-order valence-corrected chi connectivity index (χ0v) is 18.8. The number of hydrogen-bond donors (Lipinski definition) is 0. The molecule has 0 radical (unpaired) electrons. The van der Waals surface area contributed by atoms with Gasteiger partial charge in [0.25, 0.3) is 5.91 Å². The van der Waals surface area contributed by atoms with Crippen LogP contribution in [0.3, 0.4) is 0 Å². The zero-order chi connectivity index (χ0) is 21.3. The van der Waals surface area contributed by atoms with Crippen molar-refractivity contribution in [1.82, 2.24) is 9.21 Å². The number of carbonyl (C=O) groups is 1. The van der Waals surface area contributed by atoms with E-state index in [-0.39, 0.29) is 15.7 Å². The lowest BCUT2D eigenvalue weighted by atomic mass is 10.0. The van der Waals surface area contributed by atoms with E-state index in [9.17, 15) is 13.2 Å². The molecule has 30 heavy (non-hydrogen) atoms. The topological polar surface area (TPSA) is 57.7 Å². The second kappa shape index (κ2) is 8.51. The Kier molecular flexibility index (Phi) is 5.97. The monoisotopic (exact) mass is 460 g/mol. The van der Waals surface area contributed by atoms with Gasteiger partial charge in [0, 0.05) is 31.7 Å². The molecule has 4 rings (SSSR count). The van der Waals surface area contributed by atoms with Crippen molar-refractivity contribution in [1.29, 1.82) is 0 Å². The number of sulfonamides is 1. The number of fused-ring (bicyclic) bond motifs is 1. The third kappa shape index (κ3) is 4.16. The number of thiophene rings is 1. The van der Waals surface area contributed by atoms with Crippen molar-refractivity contribution in [3.8, 4) is 0 Å². The number of carbonyl (C=O) groups excluding carboxylic acids is 1. The first-order valence-electron chi connectivity index (χ1n) is 9.50. The third-order valence-electron chi connectivity index (χ3n) is 5.19. The van der Waals surface area contributed by atoms with Crippen LogP contribution < -0.4 is 0 Å². The molecular weight excluding hydrogens is 440 g/mol. The number of nitrogens with zero attached hydrogens (tertiary/aromatic N) is 2. The Bertz CT molecular complexity index is 1190. The van der Waals surface area contributed by atoms with E-state index in [0.29, 0.717) is 31.1 Å². The summed E-state index contributed by atoms with van der Waals surface area (Å²) in [5.41, 5.74) is 3.06. The minimum atomic E-state index is -3.78. The maximum Gasteiger partial charge on any atom is 0.265 e. The van der Waals surface area contributed by atoms with Crippen molar-refractivity contribution in [3.63, 3.8) is 0 Å². The summed E-state index contributed by atoms with van der Waals surface area (Å²) >= 11 is 7.18. The predicted octanol–water partition coefficient (Wildman–Crippen LogP) is 4.42. The highest BCUT2D eigenvalue weighted by Crippen LogP contribution is 2.30. The molecule has 0 saturated carbocycles. The van der Waals surface area contributed by atoms with E-state index in [2.05, 4.69) is 0 Å². The molecule has 1 aliphatic heterocycles. The van der Waals surface area contributed by atoms with Crippen LogP contribution in [0, 0.1) is 0 Å². The van der Waals surface area contributed by atoms with Gasteiger partial charge < -0.3 is 4.90 Å². The second-order valence-corrected chi connectivity index (χ2v) is 10.5. The summed E-state index contributed by atoms with van der Waals surface area (Å²) in [6.07, 6.45) is 0.664. The van der Waals surface area contributed by atoms with E-state index < -0.39 is 10.0 Å². The van der Waals surface area contributed by atoms with Gasteiger partial charge in [-0.2, -0.15) is 4.31 Å². The molecule has 1 amide bonds. The lowest BCUT2D eigenvalue weighted by molar-refractivity contribution is 0.0786. The van der Waals surface area contributed by atoms with Crippen LogP contribution in [0.2, 0.25) is 5.02 Å². The Morgan fingerprint density at radius 3 is 2.67 bits per heavy atom. The molecule has 156 valence electrons. The van der Waals surface area contributed by atoms with Crippen LogP contribution >= 0.6 is 22.9 Å². The molecule has 0 aliphatic carbocycles. The van der Waals surface area contributed by atoms with E-state index >= 15 is 0 Å². The summed E-state index contributed by atoms with van der Waals surface area (Å²) < 4.78 is 28.2. The second-order valence-electron chi connectivity index (χ2n) is 7.26. The summed E-state index contributed by atoms with van der Waals surface area (Å²) in [5, 5.41) is 2.25. The molecule has 3 aromatic rings. The van der Waals surface area contributed by atoms with Crippen molar-refractivity contribution in [2.75, 3.05) is 13.6 Å². The molecule has 5 nitrogen and oxygen atoms in total. The first-order chi connectivity index (χ1) is 14.4. The Labute approximate surface area is 185 Å². The highest BCUT2D eigenvalue weighted by atomic mass is 35.5. The molecule has 1 aromatic heterocycles. The fourth-order valence-corrected chi connectivity index (χ4v) is 6.65. The Hall–Kier alpha value is -2.19. The van der Waals surface area contributed by atoms with E-state index in [1.54, 1.807) is 24.6 Å². The number of halogens is 1. The fourth-order valence-electron chi connectivity index (χ4n) is 3.62. The summed E-state index contributed by atoms with van der Waals surface area (Å²) in [6.45, 7) is 1.06. The highest BCUT2D eigenvalue weighted by molar-refractivity contribution is 7.89. The molecule has 0 bridgehead atoms. The summed E-state index contributed by atoms with van der Waals surface area (Å²) in [5.74, 6) is -0.319. The van der Waals surface area contributed by atoms with Crippen LogP contribution in [0.15, 0.2) is 64.9 Å². The van der Waals surface area contributed by atoms with Crippen LogP contribution in [0.4, 0.5) is 0 Å². The van der Waals surface area contributed by atoms with Crippen LogP contribution in [0.5, 0.6) is 0 Å². The summed E-state index contributed by atoms with van der Waals surface area (Å²) in [7, 11) is -2.11. The Morgan fingerprint density at radius 1 is 1.13 bits per heavy atom. The number of amides is 1. The van der Waals surface area contributed by atoms with Crippen LogP contribution in [-0.4, -0.2) is 37.1 Å². The van der Waals surface area contributed by atoms with Gasteiger partial charge in [0.05, 0.1) is 0 Å². The standard InChI is InChI=1S/C22H21ClN2O3S2/c1-24(14-16-5-4-8-19(23)13-16)22(26)21-20(10-12-29-21)30(27,28)25-11-9-17-6-2-3-7-18(17)15-25/h2-8,10,12-13H,9,11,14-15H2,1H3. The smallest absolute Gasteiger partial charge is 0.265 e. The summed E-state index contributed by atoms with van der Waals surface area (Å²) in [4.78, 5) is 14.9. The molecule has 0 fully saturated rings. The maximum atomic E-state index is 13.4. The molecule has 0 unspecified atom stereocenters. The average Bonchev–Trinajstić information content (AvgIpc) is 3.23. The van der Waals surface area contributed by atoms with Gasteiger partial charge in [0.1, 0.15) is 9.77 Å². The highest BCUT2D eigenvalue weighted by Gasteiger charge is 2.33. The lowest BCUT2D eigenvalue weighted by Crippen LogP contribution is -2.37. The lowest BCUT2D eigenvalue weighted by Gasteiger charge is -2.28. The summed E-state index contributed by atoms with van der Waals surface area (Å²) in [6, 6.07) is 16.7. The predicted molar refractivity (Wildman–Crippen MR) is 119 cm³/mol. The van der Waals surface area contributed by atoms with E-state index in [1.165, 1.54) is 20.8 Å². The van der Waals surface area contributed by atoms with Gasteiger partial charge in [-0.05, 0) is 46.7 Å². The van der Waals surface area contributed by atoms with Gasteiger partial charge in [-0.1, -0.05) is 48.0 Å².